The van der Waals surface area contributed by atoms with Gasteiger partial charge in [0.25, 0.3) is 0 Å². The van der Waals surface area contributed by atoms with Crippen molar-refractivity contribution in [3.63, 3.8) is 0 Å². The van der Waals surface area contributed by atoms with Gasteiger partial charge in [-0.3, -0.25) is 9.69 Å². The molecule has 30 heavy (non-hydrogen) atoms. The molecule has 0 aromatic heterocycles. The predicted molar refractivity (Wildman–Crippen MR) is 110 cm³/mol. The Morgan fingerprint density at radius 1 is 1.23 bits per heavy atom. The van der Waals surface area contributed by atoms with Gasteiger partial charge in [0.2, 0.25) is 26.0 Å². The molecule has 0 unspecified atom stereocenters. The van der Waals surface area contributed by atoms with Gasteiger partial charge < -0.3 is 9.47 Å². The molecule has 0 atom stereocenters. The molecule has 0 radical (unpaired) electrons. The molecule has 168 valence electrons. The Morgan fingerprint density at radius 2 is 1.90 bits per heavy atom. The number of ether oxygens (including phenoxy) is 2. The lowest BCUT2D eigenvalue weighted by atomic mass is 9.95. The van der Waals surface area contributed by atoms with E-state index >= 15 is 0 Å². The molecule has 2 aliphatic heterocycles. The van der Waals surface area contributed by atoms with Crippen molar-refractivity contribution in [3.05, 3.63) is 18.2 Å². The fourth-order valence-electron chi connectivity index (χ4n) is 3.50. The van der Waals surface area contributed by atoms with E-state index in [-0.39, 0.29) is 28.6 Å². The van der Waals surface area contributed by atoms with E-state index in [0.717, 1.165) is 19.2 Å². The molecule has 2 fully saturated rings. The van der Waals surface area contributed by atoms with Crippen molar-refractivity contribution in [2.75, 3.05) is 56.6 Å². The number of morpholine rings is 1. The van der Waals surface area contributed by atoms with E-state index in [2.05, 4.69) is 9.62 Å². The van der Waals surface area contributed by atoms with Crippen LogP contribution >= 0.6 is 0 Å². The molecule has 3 rings (SSSR count). The molecule has 0 saturated carbocycles. The summed E-state index contributed by atoms with van der Waals surface area (Å²) in [7, 11) is -6.58. The number of nitrogens with one attached hydrogen (secondary N) is 1. The number of carbonyl (C=O) groups excluding carboxylic acids is 1. The highest BCUT2D eigenvalue weighted by atomic mass is 32.2. The van der Waals surface area contributed by atoms with Gasteiger partial charge in [0.05, 0.1) is 37.2 Å². The molecule has 1 aromatic carbocycles. The number of hydrogen-bond acceptors (Lipinski definition) is 8. The van der Waals surface area contributed by atoms with Gasteiger partial charge >= 0.3 is 0 Å². The Morgan fingerprint density at radius 3 is 2.47 bits per heavy atom. The van der Waals surface area contributed by atoms with Gasteiger partial charge in [-0.2, -0.15) is 0 Å². The lowest BCUT2D eigenvalue weighted by molar-refractivity contribution is -0.123. The van der Waals surface area contributed by atoms with Crippen molar-refractivity contribution in [1.82, 2.24) is 9.62 Å². The predicted octanol–water partition coefficient (Wildman–Crippen LogP) is 0.00830. The van der Waals surface area contributed by atoms with E-state index in [1.807, 2.05) is 0 Å². The van der Waals surface area contributed by atoms with Crippen LogP contribution in [0, 0.1) is 5.41 Å². The van der Waals surface area contributed by atoms with Crippen molar-refractivity contribution in [2.24, 2.45) is 5.41 Å². The van der Waals surface area contributed by atoms with Gasteiger partial charge in [0, 0.05) is 26.2 Å². The fraction of sp³-hybridized carbons (Fsp3) is 0.611. The summed E-state index contributed by atoms with van der Waals surface area (Å²) in [5, 5.41) is 0. The Kier molecular flexibility index (Phi) is 6.44. The molecule has 2 heterocycles. The third kappa shape index (κ3) is 4.62. The molecule has 0 aliphatic carbocycles. The molecule has 0 spiro atoms. The van der Waals surface area contributed by atoms with Crippen LogP contribution in [0.2, 0.25) is 0 Å². The second-order valence-electron chi connectivity index (χ2n) is 7.90. The van der Waals surface area contributed by atoms with Crippen LogP contribution in [0.1, 0.15) is 13.8 Å². The summed E-state index contributed by atoms with van der Waals surface area (Å²) >= 11 is 0. The summed E-state index contributed by atoms with van der Waals surface area (Å²) in [6.07, 6.45) is 0. The number of methoxy groups -OCH3 is 1. The van der Waals surface area contributed by atoms with Crippen LogP contribution in [0.4, 0.5) is 5.69 Å². The first kappa shape index (κ1) is 22.9. The van der Waals surface area contributed by atoms with Crippen molar-refractivity contribution in [2.45, 2.75) is 18.7 Å². The summed E-state index contributed by atoms with van der Waals surface area (Å²) in [6.45, 7) is 6.44. The van der Waals surface area contributed by atoms with Gasteiger partial charge in [-0.1, -0.05) is 0 Å². The number of nitrogens with zero attached hydrogens (tertiary/aromatic N) is 2. The Bertz CT molecular complexity index is 1020. The molecule has 1 aromatic rings. The third-order valence-electron chi connectivity index (χ3n) is 5.08. The maximum atomic E-state index is 12.9. The molecule has 0 bridgehead atoms. The SMILES string of the molecule is COc1ccc(N2C(=O)C(C)(C)CS2(=O)=O)cc1S(=O)(=O)NCCN1CCOCC1. The first-order valence-corrected chi connectivity index (χ1v) is 12.6. The minimum Gasteiger partial charge on any atom is -0.495 e. The van der Waals surface area contributed by atoms with Crippen LogP contribution < -0.4 is 13.8 Å². The molecule has 1 N–H and O–H groups in total. The second-order valence-corrected chi connectivity index (χ2v) is 11.4. The highest BCUT2D eigenvalue weighted by Gasteiger charge is 2.50. The largest absolute Gasteiger partial charge is 0.495 e. The maximum absolute atomic E-state index is 12.9. The van der Waals surface area contributed by atoms with Crippen LogP contribution in [0.5, 0.6) is 5.75 Å². The zero-order valence-corrected chi connectivity index (χ0v) is 18.9. The standard InChI is InChI=1S/C18H27N3O7S2/c1-18(2)13-29(23,24)21(17(18)22)14-4-5-15(27-3)16(12-14)30(25,26)19-6-7-20-8-10-28-11-9-20/h4-5,12,19H,6-11,13H2,1-3H3. The average Bonchev–Trinajstić information content (AvgIpc) is 2.84. The molecule has 12 heteroatoms. The van der Waals surface area contributed by atoms with Crippen LogP contribution in [0.3, 0.4) is 0 Å². The minimum absolute atomic E-state index is 0.0278. The van der Waals surface area contributed by atoms with Gasteiger partial charge in [-0.15, -0.1) is 0 Å². The molecule has 2 aliphatic rings. The average molecular weight is 462 g/mol. The normalized spacial score (nSPS) is 21.7. The van der Waals surface area contributed by atoms with Gasteiger partial charge in [-0.25, -0.2) is 25.9 Å². The molecule has 10 nitrogen and oxygen atoms in total. The lowest BCUT2D eigenvalue weighted by Crippen LogP contribution is -2.41. The maximum Gasteiger partial charge on any atom is 0.247 e. The smallest absolute Gasteiger partial charge is 0.247 e. The van der Waals surface area contributed by atoms with E-state index in [9.17, 15) is 21.6 Å². The molecule has 1 amide bonds. The zero-order chi connectivity index (χ0) is 22.2. The summed E-state index contributed by atoms with van der Waals surface area (Å²) in [4.78, 5) is 14.5. The zero-order valence-electron chi connectivity index (χ0n) is 17.3. The monoisotopic (exact) mass is 461 g/mol. The highest BCUT2D eigenvalue weighted by Crippen LogP contribution is 2.38. The second kappa shape index (κ2) is 8.42. The number of benzene rings is 1. The lowest BCUT2D eigenvalue weighted by Gasteiger charge is -2.26. The first-order valence-electron chi connectivity index (χ1n) is 9.53. The summed E-state index contributed by atoms with van der Waals surface area (Å²) in [5.74, 6) is -0.887. The third-order valence-corrected chi connectivity index (χ3v) is 8.58. The summed E-state index contributed by atoms with van der Waals surface area (Å²) in [5.41, 5.74) is -1.12. The van der Waals surface area contributed by atoms with E-state index in [0.29, 0.717) is 24.1 Å². The number of hydrogen-bond donors (Lipinski definition) is 1. The van der Waals surface area contributed by atoms with Gasteiger partial charge in [-0.05, 0) is 32.0 Å². The summed E-state index contributed by atoms with van der Waals surface area (Å²) in [6, 6.07) is 3.87. The van der Waals surface area contributed by atoms with Crippen molar-refractivity contribution >= 4 is 31.6 Å². The minimum atomic E-state index is -4.01. The van der Waals surface area contributed by atoms with Crippen LogP contribution in [-0.2, 0) is 29.6 Å². The molecular formula is C18H27N3O7S2. The van der Waals surface area contributed by atoms with Crippen LogP contribution in [-0.4, -0.2) is 79.9 Å². The number of amides is 1. The molecule has 2 saturated heterocycles. The van der Waals surface area contributed by atoms with Crippen molar-refractivity contribution in [1.29, 1.82) is 0 Å². The van der Waals surface area contributed by atoms with E-state index in [1.165, 1.54) is 19.2 Å². The fourth-order valence-corrected chi connectivity index (χ4v) is 6.81. The molecular weight excluding hydrogens is 434 g/mol. The Hall–Kier alpha value is -1.73. The van der Waals surface area contributed by atoms with Crippen molar-refractivity contribution in [3.8, 4) is 5.75 Å². The number of rotatable bonds is 7. The van der Waals surface area contributed by atoms with E-state index < -0.39 is 31.4 Å². The summed E-state index contributed by atoms with van der Waals surface area (Å²) < 4.78 is 64.5. The Balaban J connectivity index is 1.86. The van der Waals surface area contributed by atoms with E-state index in [1.54, 1.807) is 13.8 Å². The number of carbonyl (C=O) groups is 1. The number of anilines is 1. The quantitative estimate of drug-likeness (QED) is 0.603. The Labute approximate surface area is 177 Å². The highest BCUT2D eigenvalue weighted by molar-refractivity contribution is 7.94. The van der Waals surface area contributed by atoms with Crippen molar-refractivity contribution < 1.29 is 31.1 Å². The first-order chi connectivity index (χ1) is 14.0. The van der Waals surface area contributed by atoms with Gasteiger partial charge in [0.15, 0.2) is 0 Å². The van der Waals surface area contributed by atoms with Crippen LogP contribution in [0.25, 0.3) is 0 Å². The van der Waals surface area contributed by atoms with E-state index in [4.69, 9.17) is 9.47 Å². The van der Waals surface area contributed by atoms with Crippen LogP contribution in [0.15, 0.2) is 23.1 Å². The van der Waals surface area contributed by atoms with Gasteiger partial charge in [0.1, 0.15) is 10.6 Å². The number of sulfonamides is 2. The topological polar surface area (TPSA) is 122 Å².